The highest BCUT2D eigenvalue weighted by molar-refractivity contribution is 7.98. The molecule has 162 valence electrons. The monoisotopic (exact) mass is 441 g/mol. The summed E-state index contributed by atoms with van der Waals surface area (Å²) in [7, 11) is 0. The van der Waals surface area contributed by atoms with E-state index in [0.29, 0.717) is 36.0 Å². The molecule has 1 atom stereocenters. The molecule has 2 heterocycles. The Hall–Kier alpha value is -3.20. The van der Waals surface area contributed by atoms with Crippen LogP contribution in [0.4, 0.5) is 10.5 Å². The second-order valence-electron chi connectivity index (χ2n) is 7.41. The van der Waals surface area contributed by atoms with E-state index in [1.807, 2.05) is 24.5 Å². The van der Waals surface area contributed by atoms with Gasteiger partial charge in [0.1, 0.15) is 12.1 Å². The highest BCUT2D eigenvalue weighted by Crippen LogP contribution is 2.36. The molecule has 2 aromatic rings. The third-order valence-corrected chi connectivity index (χ3v) is 6.08. The maximum absolute atomic E-state index is 13.2. The van der Waals surface area contributed by atoms with Gasteiger partial charge in [-0.25, -0.2) is 4.79 Å². The number of fused-ring (bicyclic) bond motifs is 1. The van der Waals surface area contributed by atoms with Crippen molar-refractivity contribution in [3.05, 3.63) is 48.0 Å². The molecule has 9 heteroatoms. The molecule has 2 aliphatic heterocycles. The molecular formula is C22H23N3O5S. The zero-order valence-corrected chi connectivity index (χ0v) is 18.1. The number of imide groups is 1. The Morgan fingerprint density at radius 3 is 2.68 bits per heavy atom. The summed E-state index contributed by atoms with van der Waals surface area (Å²) in [5.74, 6) is 0.182. The van der Waals surface area contributed by atoms with E-state index >= 15 is 0 Å². The first kappa shape index (κ1) is 21.0. The summed E-state index contributed by atoms with van der Waals surface area (Å²) in [6.07, 6.45) is 2.67. The minimum Gasteiger partial charge on any atom is -0.490 e. The maximum Gasteiger partial charge on any atom is 0.325 e. The molecule has 2 N–H and O–H groups in total. The van der Waals surface area contributed by atoms with Crippen molar-refractivity contribution in [2.24, 2.45) is 0 Å². The smallest absolute Gasteiger partial charge is 0.325 e. The number of nitrogens with zero attached hydrogens (tertiary/aromatic N) is 1. The molecule has 0 spiro atoms. The van der Waals surface area contributed by atoms with E-state index in [1.54, 1.807) is 31.2 Å². The molecule has 2 aliphatic rings. The van der Waals surface area contributed by atoms with Crippen molar-refractivity contribution in [1.29, 1.82) is 0 Å². The van der Waals surface area contributed by atoms with Crippen molar-refractivity contribution in [3.63, 3.8) is 0 Å². The van der Waals surface area contributed by atoms with Crippen LogP contribution in [0.25, 0.3) is 0 Å². The van der Waals surface area contributed by atoms with E-state index in [0.717, 1.165) is 16.2 Å². The molecule has 0 saturated carbocycles. The Kier molecular flexibility index (Phi) is 5.77. The summed E-state index contributed by atoms with van der Waals surface area (Å²) in [4.78, 5) is 40.2. The van der Waals surface area contributed by atoms with E-state index < -0.39 is 23.4 Å². The lowest BCUT2D eigenvalue weighted by Gasteiger charge is -2.23. The van der Waals surface area contributed by atoms with Crippen LogP contribution < -0.4 is 20.1 Å². The molecule has 0 bridgehead atoms. The molecule has 1 fully saturated rings. The number of thioether (sulfide) groups is 1. The van der Waals surface area contributed by atoms with Crippen LogP contribution in [0.15, 0.2) is 47.4 Å². The first-order valence-corrected chi connectivity index (χ1v) is 11.1. The summed E-state index contributed by atoms with van der Waals surface area (Å²) >= 11 is 1.49. The number of benzene rings is 2. The van der Waals surface area contributed by atoms with E-state index in [4.69, 9.17) is 9.47 Å². The quantitative estimate of drug-likeness (QED) is 0.547. The number of nitrogens with one attached hydrogen (secondary N) is 2. The Bertz CT molecular complexity index is 1040. The van der Waals surface area contributed by atoms with Gasteiger partial charge in [-0.15, -0.1) is 11.8 Å². The van der Waals surface area contributed by atoms with E-state index in [9.17, 15) is 14.4 Å². The first-order chi connectivity index (χ1) is 14.9. The second-order valence-corrected chi connectivity index (χ2v) is 8.25. The second kappa shape index (κ2) is 8.50. The fourth-order valence-corrected chi connectivity index (χ4v) is 4.15. The Morgan fingerprint density at radius 1 is 1.16 bits per heavy atom. The van der Waals surface area contributed by atoms with Gasteiger partial charge in [-0.1, -0.05) is 18.2 Å². The van der Waals surface area contributed by atoms with Gasteiger partial charge in [-0.3, -0.25) is 14.5 Å². The van der Waals surface area contributed by atoms with Gasteiger partial charge in [0, 0.05) is 11.3 Å². The van der Waals surface area contributed by atoms with Crippen LogP contribution >= 0.6 is 11.8 Å². The Morgan fingerprint density at radius 2 is 1.90 bits per heavy atom. The van der Waals surface area contributed by atoms with Crippen LogP contribution in [0.3, 0.4) is 0 Å². The summed E-state index contributed by atoms with van der Waals surface area (Å²) in [6, 6.07) is 11.9. The molecule has 31 heavy (non-hydrogen) atoms. The molecule has 2 aromatic carbocycles. The Labute approximate surface area is 184 Å². The zero-order valence-electron chi connectivity index (χ0n) is 17.3. The number of carbonyl (C=O) groups is 3. The number of ether oxygens (including phenoxy) is 2. The molecule has 4 rings (SSSR count). The van der Waals surface area contributed by atoms with Gasteiger partial charge in [0.15, 0.2) is 11.5 Å². The lowest BCUT2D eigenvalue weighted by molar-refractivity contribution is -0.133. The van der Waals surface area contributed by atoms with E-state index in [-0.39, 0.29) is 6.54 Å². The number of hydrogen-bond donors (Lipinski definition) is 2. The molecule has 0 radical (unpaired) electrons. The van der Waals surface area contributed by atoms with Gasteiger partial charge >= 0.3 is 6.03 Å². The summed E-state index contributed by atoms with van der Waals surface area (Å²) in [5, 5.41) is 5.49. The van der Waals surface area contributed by atoms with Crippen LogP contribution in [-0.2, 0) is 15.1 Å². The third-order valence-electron chi connectivity index (χ3n) is 5.28. The predicted octanol–water partition coefficient (Wildman–Crippen LogP) is 2.98. The van der Waals surface area contributed by atoms with Crippen molar-refractivity contribution >= 4 is 35.3 Å². The topological polar surface area (TPSA) is 97.0 Å². The number of hydrogen-bond acceptors (Lipinski definition) is 6. The van der Waals surface area contributed by atoms with Gasteiger partial charge in [0.05, 0.1) is 18.9 Å². The number of amides is 4. The van der Waals surface area contributed by atoms with E-state index in [1.165, 1.54) is 11.8 Å². The lowest BCUT2D eigenvalue weighted by atomic mass is 9.91. The van der Waals surface area contributed by atoms with Crippen molar-refractivity contribution in [2.75, 3.05) is 31.3 Å². The molecule has 8 nitrogen and oxygen atoms in total. The minimum absolute atomic E-state index is 0.381. The van der Waals surface area contributed by atoms with Crippen molar-refractivity contribution < 1.29 is 23.9 Å². The van der Waals surface area contributed by atoms with Crippen LogP contribution in [0.2, 0.25) is 0 Å². The highest BCUT2D eigenvalue weighted by atomic mass is 32.2. The van der Waals surface area contributed by atoms with Gasteiger partial charge in [0.2, 0.25) is 5.91 Å². The van der Waals surface area contributed by atoms with Gasteiger partial charge in [0.25, 0.3) is 5.91 Å². The molecule has 4 amide bonds. The fraction of sp³-hybridized carbons (Fsp3) is 0.318. The molecule has 1 saturated heterocycles. The van der Waals surface area contributed by atoms with Crippen molar-refractivity contribution in [1.82, 2.24) is 10.2 Å². The molecule has 0 aromatic heterocycles. The van der Waals surface area contributed by atoms with Crippen molar-refractivity contribution in [2.45, 2.75) is 23.8 Å². The van der Waals surface area contributed by atoms with Crippen molar-refractivity contribution in [3.8, 4) is 11.5 Å². The van der Waals surface area contributed by atoms with E-state index in [2.05, 4.69) is 10.6 Å². The summed E-state index contributed by atoms with van der Waals surface area (Å²) < 4.78 is 11.3. The SMILES string of the molecule is CSc1ccccc1NC(=O)CN1C(=O)N[C@@](C)(c2ccc3c(c2)OCCCO3)C1=O. The normalized spacial score (nSPS) is 20.3. The Balaban J connectivity index is 1.52. The van der Waals surface area contributed by atoms with Gasteiger partial charge < -0.3 is 20.1 Å². The summed E-state index contributed by atoms with van der Waals surface area (Å²) in [6.45, 7) is 2.31. The van der Waals surface area contributed by atoms with Gasteiger partial charge in [-0.2, -0.15) is 0 Å². The van der Waals surface area contributed by atoms with Crippen LogP contribution in [-0.4, -0.2) is 48.8 Å². The van der Waals surface area contributed by atoms with Crippen LogP contribution in [0.1, 0.15) is 18.9 Å². The zero-order chi connectivity index (χ0) is 22.0. The fourth-order valence-electron chi connectivity index (χ4n) is 3.59. The number of carbonyl (C=O) groups excluding carboxylic acids is 3. The maximum atomic E-state index is 13.2. The average molecular weight is 442 g/mol. The molecule has 0 aliphatic carbocycles. The summed E-state index contributed by atoms with van der Waals surface area (Å²) in [5.41, 5.74) is -0.109. The molecular weight excluding hydrogens is 418 g/mol. The predicted molar refractivity (Wildman–Crippen MR) is 116 cm³/mol. The largest absolute Gasteiger partial charge is 0.490 e. The minimum atomic E-state index is -1.31. The number of para-hydroxylation sites is 1. The first-order valence-electron chi connectivity index (χ1n) is 9.89. The van der Waals surface area contributed by atoms with Crippen LogP contribution in [0.5, 0.6) is 11.5 Å². The number of urea groups is 1. The van der Waals surface area contributed by atoms with Gasteiger partial charge in [-0.05, 0) is 43.0 Å². The van der Waals surface area contributed by atoms with Crippen LogP contribution in [0, 0.1) is 0 Å². The highest BCUT2D eigenvalue weighted by Gasteiger charge is 2.49. The third kappa shape index (κ3) is 4.05. The lowest BCUT2D eigenvalue weighted by Crippen LogP contribution is -2.42. The average Bonchev–Trinajstić information content (AvgIpc) is 2.93. The number of rotatable bonds is 5. The molecule has 0 unspecified atom stereocenters. The standard InChI is InChI=1S/C22H23N3O5S/c1-22(14-8-9-16-17(12-14)30-11-5-10-29-16)20(27)25(21(28)24-22)13-19(26)23-15-6-3-4-7-18(15)31-2/h3-4,6-9,12H,5,10-11,13H2,1-2H3,(H,23,26)(H,24,28)/t22-/m0/s1. The number of anilines is 1.